The van der Waals surface area contributed by atoms with Crippen molar-refractivity contribution >= 4 is 5.91 Å². The van der Waals surface area contributed by atoms with Crippen molar-refractivity contribution in [1.82, 2.24) is 19.9 Å². The van der Waals surface area contributed by atoms with E-state index in [-0.39, 0.29) is 5.91 Å². The smallest absolute Gasteiger partial charge is 0.268 e. The number of carbonyl (C=O) groups excluding carboxylic acids is 1. The van der Waals surface area contributed by atoms with Gasteiger partial charge in [0.15, 0.2) is 5.82 Å². The first-order valence-electron chi connectivity index (χ1n) is 11.6. The summed E-state index contributed by atoms with van der Waals surface area (Å²) in [5.74, 6) is 1.47. The van der Waals surface area contributed by atoms with Gasteiger partial charge in [0.1, 0.15) is 5.69 Å². The van der Waals surface area contributed by atoms with E-state index in [9.17, 15) is 4.79 Å². The van der Waals surface area contributed by atoms with Crippen molar-refractivity contribution in [2.24, 2.45) is 5.92 Å². The monoisotopic (exact) mass is 414 g/mol. The molecule has 0 atom stereocenters. The summed E-state index contributed by atoms with van der Waals surface area (Å²) in [7, 11) is 0. The lowest BCUT2D eigenvalue weighted by Crippen LogP contribution is -2.35. The van der Waals surface area contributed by atoms with Crippen molar-refractivity contribution < 1.29 is 4.79 Å². The normalized spacial score (nSPS) is 17.3. The number of benzene rings is 1. The summed E-state index contributed by atoms with van der Waals surface area (Å²) in [6.45, 7) is 0.913. The molecule has 2 aromatic heterocycles. The number of nitrogens with zero attached hydrogens (tertiary/aromatic N) is 3. The molecule has 2 heterocycles. The SMILES string of the molecule is O=C(NC1CCCCCC1)c1cc(-c2cnc(-c3ccccc3)nc2)cn1CC1CC1. The highest BCUT2D eigenvalue weighted by Crippen LogP contribution is 2.33. The maximum atomic E-state index is 13.2. The molecule has 5 nitrogen and oxygen atoms in total. The van der Waals surface area contributed by atoms with Crippen LogP contribution >= 0.6 is 0 Å². The average molecular weight is 415 g/mol. The van der Waals surface area contributed by atoms with E-state index < -0.39 is 0 Å². The van der Waals surface area contributed by atoms with Crippen LogP contribution in [0.5, 0.6) is 0 Å². The van der Waals surface area contributed by atoms with Crippen molar-refractivity contribution in [3.8, 4) is 22.5 Å². The summed E-state index contributed by atoms with van der Waals surface area (Å²) in [6.07, 6.45) is 15.5. The van der Waals surface area contributed by atoms with Gasteiger partial charge < -0.3 is 9.88 Å². The standard InChI is InChI=1S/C26H30N4O/c31-26(29-23-10-6-1-2-7-11-23)24-14-21(18-30(24)17-19-12-13-19)22-15-27-25(28-16-22)20-8-4-3-5-9-20/h3-5,8-9,14-16,18-19,23H,1-2,6-7,10-13,17H2,(H,29,31). The fraction of sp³-hybridized carbons (Fsp3) is 0.423. The lowest BCUT2D eigenvalue weighted by molar-refractivity contribution is 0.0923. The third-order valence-electron chi connectivity index (χ3n) is 6.49. The molecule has 0 spiro atoms. The molecule has 5 heteroatoms. The Kier molecular flexibility index (Phi) is 5.83. The predicted molar refractivity (Wildman–Crippen MR) is 123 cm³/mol. The first kappa shape index (κ1) is 20.0. The van der Waals surface area contributed by atoms with Crippen LogP contribution in [0.25, 0.3) is 22.5 Å². The second kappa shape index (κ2) is 9.04. The van der Waals surface area contributed by atoms with Crippen LogP contribution in [0.15, 0.2) is 55.0 Å². The highest BCUT2D eigenvalue weighted by molar-refractivity contribution is 5.94. The molecule has 1 aromatic carbocycles. The highest BCUT2D eigenvalue weighted by atomic mass is 16.2. The quantitative estimate of drug-likeness (QED) is 0.544. The van der Waals surface area contributed by atoms with Crippen LogP contribution in [-0.2, 0) is 6.54 Å². The minimum absolute atomic E-state index is 0.0561. The molecule has 0 saturated heterocycles. The summed E-state index contributed by atoms with van der Waals surface area (Å²) in [5.41, 5.74) is 3.71. The Morgan fingerprint density at radius 1 is 0.903 bits per heavy atom. The summed E-state index contributed by atoms with van der Waals surface area (Å²) >= 11 is 0. The number of rotatable bonds is 6. The van der Waals surface area contributed by atoms with Crippen molar-refractivity contribution in [1.29, 1.82) is 0 Å². The topological polar surface area (TPSA) is 59.8 Å². The largest absolute Gasteiger partial charge is 0.348 e. The highest BCUT2D eigenvalue weighted by Gasteiger charge is 2.25. The molecule has 0 aliphatic heterocycles. The van der Waals surface area contributed by atoms with Crippen LogP contribution in [0.2, 0.25) is 0 Å². The molecule has 160 valence electrons. The molecule has 31 heavy (non-hydrogen) atoms. The molecular formula is C26H30N4O. The molecule has 2 fully saturated rings. The second-order valence-corrected chi connectivity index (χ2v) is 9.03. The average Bonchev–Trinajstić information content (AvgIpc) is 3.57. The van der Waals surface area contributed by atoms with E-state index in [1.807, 2.05) is 48.8 Å². The summed E-state index contributed by atoms with van der Waals surface area (Å²) in [6, 6.07) is 12.3. The minimum Gasteiger partial charge on any atom is -0.348 e. The second-order valence-electron chi connectivity index (χ2n) is 9.03. The Morgan fingerprint density at radius 3 is 2.29 bits per heavy atom. The van der Waals surface area contributed by atoms with E-state index in [4.69, 9.17) is 0 Å². The van der Waals surface area contributed by atoms with E-state index in [1.54, 1.807) is 0 Å². The third-order valence-corrected chi connectivity index (χ3v) is 6.49. The molecular weight excluding hydrogens is 384 g/mol. The third kappa shape index (κ3) is 4.87. The van der Waals surface area contributed by atoms with Gasteiger partial charge in [0.05, 0.1) is 0 Å². The van der Waals surface area contributed by atoms with Crippen molar-refractivity contribution in [2.45, 2.75) is 64.0 Å². The molecule has 2 saturated carbocycles. The minimum atomic E-state index is 0.0561. The molecule has 0 radical (unpaired) electrons. The van der Waals surface area contributed by atoms with E-state index >= 15 is 0 Å². The van der Waals surface area contributed by atoms with E-state index in [0.717, 1.165) is 41.8 Å². The Labute approximate surface area is 183 Å². The lowest BCUT2D eigenvalue weighted by Gasteiger charge is -2.17. The zero-order valence-electron chi connectivity index (χ0n) is 18.0. The Bertz CT molecular complexity index is 1010. The molecule has 0 unspecified atom stereocenters. The molecule has 2 aliphatic carbocycles. The van der Waals surface area contributed by atoms with E-state index in [1.165, 1.54) is 38.5 Å². The van der Waals surface area contributed by atoms with Gasteiger partial charge in [-0.15, -0.1) is 0 Å². The van der Waals surface area contributed by atoms with E-state index in [0.29, 0.717) is 17.8 Å². The Balaban J connectivity index is 1.38. The van der Waals surface area contributed by atoms with Gasteiger partial charge in [-0.3, -0.25) is 4.79 Å². The van der Waals surface area contributed by atoms with Crippen molar-refractivity contribution in [3.63, 3.8) is 0 Å². The van der Waals surface area contributed by atoms with Gasteiger partial charge in [-0.05, 0) is 37.7 Å². The van der Waals surface area contributed by atoms with Gasteiger partial charge in [0.2, 0.25) is 0 Å². The van der Waals surface area contributed by atoms with Crippen LogP contribution in [0, 0.1) is 5.92 Å². The number of hydrogen-bond acceptors (Lipinski definition) is 3. The number of carbonyl (C=O) groups is 1. The Hall–Kier alpha value is -2.95. The zero-order valence-corrected chi connectivity index (χ0v) is 18.0. The number of amides is 1. The van der Waals surface area contributed by atoms with Crippen molar-refractivity contribution in [3.05, 3.63) is 60.7 Å². The molecule has 0 bridgehead atoms. The van der Waals surface area contributed by atoms with Crippen LogP contribution < -0.4 is 5.32 Å². The van der Waals surface area contributed by atoms with Gasteiger partial charge in [-0.1, -0.05) is 56.0 Å². The van der Waals surface area contributed by atoms with Crippen molar-refractivity contribution in [2.75, 3.05) is 0 Å². The molecule has 2 aliphatic rings. The molecule has 5 rings (SSSR count). The summed E-state index contributed by atoms with van der Waals surface area (Å²) in [4.78, 5) is 22.3. The number of aromatic nitrogens is 3. The van der Waals surface area contributed by atoms with Crippen LogP contribution in [0.4, 0.5) is 0 Å². The lowest BCUT2D eigenvalue weighted by atomic mass is 10.1. The fourth-order valence-electron chi connectivity index (χ4n) is 4.48. The van der Waals surface area contributed by atoms with Gasteiger partial charge >= 0.3 is 0 Å². The Morgan fingerprint density at radius 2 is 1.61 bits per heavy atom. The number of nitrogens with one attached hydrogen (secondary N) is 1. The van der Waals surface area contributed by atoms with Gasteiger partial charge in [0.25, 0.3) is 5.91 Å². The van der Waals surface area contributed by atoms with Crippen LogP contribution in [0.3, 0.4) is 0 Å². The van der Waals surface area contributed by atoms with Gasteiger partial charge in [-0.25, -0.2) is 9.97 Å². The predicted octanol–water partition coefficient (Wildman–Crippen LogP) is 5.47. The number of hydrogen-bond donors (Lipinski definition) is 1. The maximum absolute atomic E-state index is 13.2. The first-order valence-corrected chi connectivity index (χ1v) is 11.6. The van der Waals surface area contributed by atoms with Gasteiger partial charge in [0, 0.05) is 47.9 Å². The molecule has 1 N–H and O–H groups in total. The first-order chi connectivity index (χ1) is 15.3. The summed E-state index contributed by atoms with van der Waals surface area (Å²) in [5, 5.41) is 3.31. The summed E-state index contributed by atoms with van der Waals surface area (Å²) < 4.78 is 2.14. The van der Waals surface area contributed by atoms with Crippen LogP contribution in [0.1, 0.15) is 61.9 Å². The van der Waals surface area contributed by atoms with Crippen LogP contribution in [-0.4, -0.2) is 26.5 Å². The molecule has 3 aromatic rings. The maximum Gasteiger partial charge on any atom is 0.268 e. The van der Waals surface area contributed by atoms with E-state index in [2.05, 4.69) is 26.0 Å². The molecule has 1 amide bonds. The van der Waals surface area contributed by atoms with Gasteiger partial charge in [-0.2, -0.15) is 0 Å². The fourth-order valence-corrected chi connectivity index (χ4v) is 4.48. The zero-order chi connectivity index (χ0) is 21.0.